The number of carbonyl (C=O) groups is 2. The molecule has 1 unspecified atom stereocenters. The topological polar surface area (TPSA) is 54.4 Å². The SMILES string of the molecule is O=C(O)C(CC(=O)C1CC1)Cc1cccc(I)c1. The van der Waals surface area contributed by atoms with Crippen molar-refractivity contribution < 1.29 is 14.7 Å². The lowest BCUT2D eigenvalue weighted by molar-refractivity contribution is -0.143. The van der Waals surface area contributed by atoms with Crippen LogP contribution in [-0.4, -0.2) is 16.9 Å². The van der Waals surface area contributed by atoms with Crippen molar-refractivity contribution in [1.82, 2.24) is 0 Å². The summed E-state index contributed by atoms with van der Waals surface area (Å²) in [6.45, 7) is 0. The Kier molecular flexibility index (Phi) is 4.37. The summed E-state index contributed by atoms with van der Waals surface area (Å²) in [6.07, 6.45) is 2.49. The van der Waals surface area contributed by atoms with Gasteiger partial charge in [0, 0.05) is 15.9 Å². The minimum Gasteiger partial charge on any atom is -0.481 e. The van der Waals surface area contributed by atoms with Crippen LogP contribution in [0, 0.1) is 15.4 Å². The number of carboxylic acid groups (broad SMARTS) is 1. The first kappa shape index (κ1) is 13.5. The molecule has 96 valence electrons. The number of hydrogen-bond acceptors (Lipinski definition) is 2. The monoisotopic (exact) mass is 358 g/mol. The molecular weight excluding hydrogens is 343 g/mol. The summed E-state index contributed by atoms with van der Waals surface area (Å²) in [5.74, 6) is -1.20. The Morgan fingerprint density at radius 2 is 2.11 bits per heavy atom. The molecule has 1 aliphatic rings. The summed E-state index contributed by atoms with van der Waals surface area (Å²) >= 11 is 2.20. The van der Waals surface area contributed by atoms with Crippen molar-refractivity contribution in [1.29, 1.82) is 0 Å². The van der Waals surface area contributed by atoms with Crippen LogP contribution in [0.4, 0.5) is 0 Å². The molecule has 1 N–H and O–H groups in total. The molecule has 0 amide bonds. The number of carboxylic acids is 1. The van der Waals surface area contributed by atoms with Crippen molar-refractivity contribution in [3.63, 3.8) is 0 Å². The van der Waals surface area contributed by atoms with E-state index >= 15 is 0 Å². The van der Waals surface area contributed by atoms with E-state index in [1.54, 1.807) is 0 Å². The van der Waals surface area contributed by atoms with Gasteiger partial charge in [-0.1, -0.05) is 12.1 Å². The number of rotatable bonds is 6. The van der Waals surface area contributed by atoms with Gasteiger partial charge >= 0.3 is 5.97 Å². The van der Waals surface area contributed by atoms with Crippen LogP contribution >= 0.6 is 22.6 Å². The van der Waals surface area contributed by atoms with Crippen LogP contribution in [0.2, 0.25) is 0 Å². The molecule has 18 heavy (non-hydrogen) atoms. The largest absolute Gasteiger partial charge is 0.481 e. The third-order valence-corrected chi connectivity index (χ3v) is 3.87. The van der Waals surface area contributed by atoms with Gasteiger partial charge in [-0.15, -0.1) is 0 Å². The fraction of sp³-hybridized carbons (Fsp3) is 0.429. The van der Waals surface area contributed by atoms with Crippen LogP contribution in [0.15, 0.2) is 24.3 Å². The van der Waals surface area contributed by atoms with Gasteiger partial charge < -0.3 is 5.11 Å². The summed E-state index contributed by atoms with van der Waals surface area (Å²) in [6, 6.07) is 7.77. The quantitative estimate of drug-likeness (QED) is 0.796. The lowest BCUT2D eigenvalue weighted by Crippen LogP contribution is -2.21. The average molecular weight is 358 g/mol. The van der Waals surface area contributed by atoms with E-state index in [9.17, 15) is 14.7 Å². The second-order valence-electron chi connectivity index (χ2n) is 4.81. The molecule has 3 nitrogen and oxygen atoms in total. The average Bonchev–Trinajstić information content (AvgIpc) is 3.11. The lowest BCUT2D eigenvalue weighted by Gasteiger charge is -2.11. The van der Waals surface area contributed by atoms with Gasteiger partial charge in [0.05, 0.1) is 5.92 Å². The van der Waals surface area contributed by atoms with Crippen LogP contribution in [0.1, 0.15) is 24.8 Å². The highest BCUT2D eigenvalue weighted by molar-refractivity contribution is 14.1. The predicted octanol–water partition coefficient (Wildman–Crippen LogP) is 2.90. The molecule has 0 aliphatic heterocycles. The first-order chi connectivity index (χ1) is 8.56. The van der Waals surface area contributed by atoms with Crippen molar-refractivity contribution in [2.24, 2.45) is 11.8 Å². The summed E-state index contributed by atoms with van der Waals surface area (Å²) in [4.78, 5) is 22.9. The Hall–Kier alpha value is -0.910. The standard InChI is InChI=1S/C14H15IO3/c15-12-3-1-2-9(7-12)6-11(14(17)18)8-13(16)10-4-5-10/h1-3,7,10-11H,4-6,8H2,(H,17,18). The van der Waals surface area contributed by atoms with Gasteiger partial charge in [0.1, 0.15) is 5.78 Å². The molecule has 1 aliphatic carbocycles. The maximum absolute atomic E-state index is 11.7. The summed E-state index contributed by atoms with van der Waals surface area (Å²) in [7, 11) is 0. The second kappa shape index (κ2) is 5.82. The molecule has 1 saturated carbocycles. The molecule has 4 heteroatoms. The molecule has 1 fully saturated rings. The van der Waals surface area contributed by atoms with E-state index in [0.29, 0.717) is 6.42 Å². The lowest BCUT2D eigenvalue weighted by atomic mass is 9.93. The Labute approximate surface area is 120 Å². The van der Waals surface area contributed by atoms with Crippen molar-refractivity contribution in [2.75, 3.05) is 0 Å². The molecule has 1 atom stereocenters. The van der Waals surface area contributed by atoms with Crippen LogP contribution in [0.3, 0.4) is 0 Å². The molecule has 0 bridgehead atoms. The minimum absolute atomic E-state index is 0.119. The maximum Gasteiger partial charge on any atom is 0.307 e. The van der Waals surface area contributed by atoms with E-state index in [1.165, 1.54) is 0 Å². The van der Waals surface area contributed by atoms with Crippen molar-refractivity contribution in [3.8, 4) is 0 Å². The minimum atomic E-state index is -0.872. The molecular formula is C14H15IO3. The highest BCUT2D eigenvalue weighted by Gasteiger charge is 2.32. The van der Waals surface area contributed by atoms with Gasteiger partial charge in [-0.2, -0.15) is 0 Å². The van der Waals surface area contributed by atoms with E-state index in [0.717, 1.165) is 22.0 Å². The predicted molar refractivity (Wildman–Crippen MR) is 76.3 cm³/mol. The van der Waals surface area contributed by atoms with Crippen molar-refractivity contribution >= 4 is 34.3 Å². The second-order valence-corrected chi connectivity index (χ2v) is 6.06. The normalized spacial score (nSPS) is 16.3. The van der Waals surface area contributed by atoms with Gasteiger partial charge in [-0.05, 0) is 59.5 Å². The highest BCUT2D eigenvalue weighted by atomic mass is 127. The Bertz CT molecular complexity index is 466. The van der Waals surface area contributed by atoms with E-state index in [4.69, 9.17) is 0 Å². The van der Waals surface area contributed by atoms with E-state index < -0.39 is 11.9 Å². The molecule has 0 saturated heterocycles. The number of aliphatic carboxylic acids is 1. The number of Topliss-reactive ketones (excluding diaryl/α,β-unsaturated/α-hetero) is 1. The number of carbonyl (C=O) groups excluding carboxylic acids is 1. The van der Waals surface area contributed by atoms with Crippen LogP contribution in [0.5, 0.6) is 0 Å². The van der Waals surface area contributed by atoms with Crippen molar-refractivity contribution in [3.05, 3.63) is 33.4 Å². The number of ketones is 1. The number of halogens is 1. The Morgan fingerprint density at radius 3 is 2.67 bits per heavy atom. The molecule has 0 aromatic heterocycles. The number of hydrogen-bond donors (Lipinski definition) is 1. The molecule has 0 radical (unpaired) electrons. The smallest absolute Gasteiger partial charge is 0.307 e. The Balaban J connectivity index is 2.01. The van der Waals surface area contributed by atoms with Crippen LogP contribution in [-0.2, 0) is 16.0 Å². The highest BCUT2D eigenvalue weighted by Crippen LogP contribution is 2.32. The fourth-order valence-electron chi connectivity index (χ4n) is 2.01. The molecule has 2 rings (SSSR count). The summed E-state index contributed by atoms with van der Waals surface area (Å²) < 4.78 is 1.09. The fourth-order valence-corrected chi connectivity index (χ4v) is 2.62. The first-order valence-electron chi connectivity index (χ1n) is 6.06. The third kappa shape index (κ3) is 3.80. The molecule has 1 aromatic rings. The summed E-state index contributed by atoms with van der Waals surface area (Å²) in [5, 5.41) is 9.20. The van der Waals surface area contributed by atoms with Crippen LogP contribution < -0.4 is 0 Å². The maximum atomic E-state index is 11.7. The zero-order valence-corrected chi connectivity index (χ0v) is 12.1. The first-order valence-corrected chi connectivity index (χ1v) is 7.14. The van der Waals surface area contributed by atoms with E-state index in [-0.39, 0.29) is 18.1 Å². The molecule has 1 aromatic carbocycles. The molecule has 0 heterocycles. The van der Waals surface area contributed by atoms with Gasteiger partial charge in [0.15, 0.2) is 0 Å². The van der Waals surface area contributed by atoms with Gasteiger partial charge in [0.25, 0.3) is 0 Å². The molecule has 0 spiro atoms. The van der Waals surface area contributed by atoms with Crippen molar-refractivity contribution in [2.45, 2.75) is 25.7 Å². The summed E-state index contributed by atoms with van der Waals surface area (Å²) in [5.41, 5.74) is 0.984. The van der Waals surface area contributed by atoms with Gasteiger partial charge in [-0.3, -0.25) is 9.59 Å². The van der Waals surface area contributed by atoms with Gasteiger partial charge in [0.2, 0.25) is 0 Å². The zero-order chi connectivity index (χ0) is 13.1. The zero-order valence-electron chi connectivity index (χ0n) is 9.93. The van der Waals surface area contributed by atoms with Crippen LogP contribution in [0.25, 0.3) is 0 Å². The Morgan fingerprint density at radius 1 is 1.39 bits per heavy atom. The van der Waals surface area contributed by atoms with E-state index in [2.05, 4.69) is 22.6 Å². The van der Waals surface area contributed by atoms with E-state index in [1.807, 2.05) is 24.3 Å². The van der Waals surface area contributed by atoms with Gasteiger partial charge in [-0.25, -0.2) is 0 Å². The third-order valence-electron chi connectivity index (χ3n) is 3.20. The number of benzene rings is 1.